The first-order valence-corrected chi connectivity index (χ1v) is 11.4. The van der Waals surface area contributed by atoms with Crippen LogP contribution in [0.1, 0.15) is 38.5 Å². The molecule has 1 saturated heterocycles. The molecule has 0 spiro atoms. The lowest BCUT2D eigenvalue weighted by Gasteiger charge is -2.20. The van der Waals surface area contributed by atoms with E-state index in [1.807, 2.05) is 0 Å². The number of hydrogen-bond donors (Lipinski definition) is 1. The Morgan fingerprint density at radius 2 is 2.06 bits per heavy atom. The van der Waals surface area contributed by atoms with E-state index in [4.69, 9.17) is 13.9 Å². The largest absolute Gasteiger partial charge is 0.507 e. The second kappa shape index (κ2) is 9.59. The number of benzene rings is 1. The molecule has 35 heavy (non-hydrogen) atoms. The molecule has 4 rings (SSSR count). The molecule has 3 heterocycles. The van der Waals surface area contributed by atoms with Gasteiger partial charge in [-0.15, -0.1) is 0 Å². The van der Waals surface area contributed by atoms with E-state index in [0.29, 0.717) is 22.8 Å². The van der Waals surface area contributed by atoms with E-state index in [9.17, 15) is 19.5 Å². The lowest BCUT2D eigenvalue weighted by Crippen LogP contribution is -2.29. The molecular weight excluding hydrogens is 472 g/mol. The molecule has 0 saturated carbocycles. The van der Waals surface area contributed by atoms with Crippen LogP contribution >= 0.6 is 11.3 Å². The Balaban J connectivity index is 1.87. The van der Waals surface area contributed by atoms with Gasteiger partial charge in [-0.05, 0) is 38.1 Å². The van der Waals surface area contributed by atoms with E-state index >= 15 is 0 Å². The summed E-state index contributed by atoms with van der Waals surface area (Å²) in [5, 5.41) is 11.3. The Labute approximate surface area is 204 Å². The Morgan fingerprint density at radius 1 is 1.29 bits per heavy atom. The van der Waals surface area contributed by atoms with E-state index in [0.717, 1.165) is 16.2 Å². The van der Waals surface area contributed by atoms with Gasteiger partial charge in [-0.3, -0.25) is 14.5 Å². The number of amides is 1. The molecule has 9 nitrogen and oxygen atoms in total. The number of hydrogen-bond acceptors (Lipinski definition) is 9. The van der Waals surface area contributed by atoms with Crippen molar-refractivity contribution >= 4 is 39.9 Å². The second-order valence-corrected chi connectivity index (χ2v) is 8.63. The lowest BCUT2D eigenvalue weighted by molar-refractivity contribution is -0.132. The number of ketones is 1. The minimum atomic E-state index is -1.10. The number of carbonyl (C=O) groups is 3. The number of Topliss-reactive ketones (excluding diaryl/α,β-unsaturated/α-hetero) is 1. The van der Waals surface area contributed by atoms with Crippen molar-refractivity contribution in [3.05, 3.63) is 82.3 Å². The van der Waals surface area contributed by atoms with Crippen LogP contribution in [-0.2, 0) is 14.3 Å². The number of anilines is 1. The maximum Gasteiger partial charge on any atom is 0.350 e. The maximum absolute atomic E-state index is 13.2. The third-order valence-electron chi connectivity index (χ3n) is 5.33. The summed E-state index contributed by atoms with van der Waals surface area (Å²) < 4.78 is 16.1. The summed E-state index contributed by atoms with van der Waals surface area (Å²) >= 11 is 0.909. The summed E-state index contributed by atoms with van der Waals surface area (Å²) in [5.74, 6) is -1.55. The number of furan rings is 1. The van der Waals surface area contributed by atoms with Gasteiger partial charge in [-0.2, -0.15) is 0 Å². The van der Waals surface area contributed by atoms with Gasteiger partial charge < -0.3 is 19.0 Å². The van der Waals surface area contributed by atoms with Crippen molar-refractivity contribution < 1.29 is 33.4 Å². The number of rotatable bonds is 7. The topological polar surface area (TPSA) is 119 Å². The first kappa shape index (κ1) is 24.0. The van der Waals surface area contributed by atoms with Crippen LogP contribution < -0.4 is 9.64 Å². The fraction of sp³-hybridized carbons (Fsp3) is 0.200. The summed E-state index contributed by atoms with van der Waals surface area (Å²) in [6.45, 7) is 6.85. The summed E-state index contributed by atoms with van der Waals surface area (Å²) in [7, 11) is 1.48. The van der Waals surface area contributed by atoms with E-state index in [-0.39, 0.29) is 33.7 Å². The first-order chi connectivity index (χ1) is 16.8. The number of aliphatic hydroxyl groups excluding tert-OH is 1. The van der Waals surface area contributed by atoms with Crippen LogP contribution in [-0.4, -0.2) is 41.5 Å². The molecule has 2 aromatic heterocycles. The number of thiazole rings is 1. The number of aryl methyl sites for hydroxylation is 2. The zero-order valence-electron chi connectivity index (χ0n) is 19.2. The zero-order valence-corrected chi connectivity index (χ0v) is 20.0. The third-order valence-corrected chi connectivity index (χ3v) is 6.46. The van der Waals surface area contributed by atoms with Gasteiger partial charge in [0, 0.05) is 5.56 Å². The van der Waals surface area contributed by atoms with E-state index < -0.39 is 23.7 Å². The SMILES string of the molecule is C=CCOC(=O)c1sc(N2C(=O)C(=O)C(=C(O)c3cccc(OC)c3)C2c2ccc(C)o2)nc1C. The smallest absolute Gasteiger partial charge is 0.350 e. The normalized spacial score (nSPS) is 17.0. The van der Waals surface area contributed by atoms with Gasteiger partial charge in [-0.1, -0.05) is 36.1 Å². The monoisotopic (exact) mass is 494 g/mol. The van der Waals surface area contributed by atoms with Gasteiger partial charge in [-0.25, -0.2) is 9.78 Å². The van der Waals surface area contributed by atoms with E-state index in [1.165, 1.54) is 13.2 Å². The van der Waals surface area contributed by atoms with Crippen LogP contribution in [0.15, 0.2) is 59.0 Å². The highest BCUT2D eigenvalue weighted by atomic mass is 32.1. The van der Waals surface area contributed by atoms with Crippen molar-refractivity contribution in [2.45, 2.75) is 19.9 Å². The number of aliphatic hydroxyl groups is 1. The van der Waals surface area contributed by atoms with Gasteiger partial charge in [0.1, 0.15) is 40.6 Å². The summed E-state index contributed by atoms with van der Waals surface area (Å²) in [4.78, 5) is 44.5. The van der Waals surface area contributed by atoms with Gasteiger partial charge in [0.2, 0.25) is 0 Å². The molecule has 1 unspecified atom stereocenters. The maximum atomic E-state index is 13.2. The molecule has 0 radical (unpaired) electrons. The van der Waals surface area contributed by atoms with Crippen LogP contribution in [0.2, 0.25) is 0 Å². The Bertz CT molecular complexity index is 1370. The van der Waals surface area contributed by atoms with E-state index in [1.54, 1.807) is 50.2 Å². The lowest BCUT2D eigenvalue weighted by atomic mass is 9.99. The van der Waals surface area contributed by atoms with Crippen LogP contribution in [0.25, 0.3) is 5.76 Å². The number of carbonyl (C=O) groups excluding carboxylic acids is 3. The van der Waals surface area contributed by atoms with Crippen LogP contribution in [0.3, 0.4) is 0 Å². The van der Waals surface area contributed by atoms with Crippen molar-refractivity contribution in [2.75, 3.05) is 18.6 Å². The Morgan fingerprint density at radius 3 is 2.71 bits per heavy atom. The molecule has 1 aliphatic heterocycles. The predicted molar refractivity (Wildman–Crippen MR) is 129 cm³/mol. The van der Waals surface area contributed by atoms with Gasteiger partial charge in [0.05, 0.1) is 18.4 Å². The molecule has 1 aliphatic rings. The number of esters is 1. The van der Waals surface area contributed by atoms with Gasteiger partial charge in [0.25, 0.3) is 5.78 Å². The molecule has 1 atom stereocenters. The molecule has 1 amide bonds. The number of nitrogens with zero attached hydrogens (tertiary/aromatic N) is 2. The van der Waals surface area contributed by atoms with Gasteiger partial charge >= 0.3 is 11.9 Å². The molecule has 1 aromatic carbocycles. The van der Waals surface area contributed by atoms with Crippen molar-refractivity contribution in [1.29, 1.82) is 0 Å². The number of methoxy groups -OCH3 is 1. The Hall–Kier alpha value is -4.18. The van der Waals surface area contributed by atoms with Crippen LogP contribution in [0.4, 0.5) is 5.13 Å². The number of aromatic nitrogens is 1. The quantitative estimate of drug-likeness (QED) is 0.169. The number of ether oxygens (including phenoxy) is 2. The standard InChI is InChI=1S/C25H22N2O7S/c1-5-11-33-24(31)22-14(3)26-25(35-22)27-19(17-10-9-13(2)34-17)18(21(29)23(27)30)20(28)15-7-6-8-16(12-15)32-4/h5-10,12,19,28H,1,11H2,2-4H3. The average Bonchev–Trinajstić information content (AvgIpc) is 3.53. The van der Waals surface area contributed by atoms with Crippen molar-refractivity contribution in [2.24, 2.45) is 0 Å². The average molecular weight is 495 g/mol. The van der Waals surface area contributed by atoms with Crippen LogP contribution in [0.5, 0.6) is 5.75 Å². The molecule has 1 N–H and O–H groups in total. The molecule has 1 fully saturated rings. The minimum absolute atomic E-state index is 0.0161. The van der Waals surface area contributed by atoms with Gasteiger partial charge in [0.15, 0.2) is 5.13 Å². The molecule has 0 bridgehead atoms. The van der Waals surface area contributed by atoms with Crippen molar-refractivity contribution in [3.8, 4) is 5.75 Å². The Kier molecular flexibility index (Phi) is 6.57. The summed E-state index contributed by atoms with van der Waals surface area (Å²) in [6, 6.07) is 8.70. The molecule has 0 aliphatic carbocycles. The fourth-order valence-electron chi connectivity index (χ4n) is 3.70. The molecule has 3 aromatic rings. The summed E-state index contributed by atoms with van der Waals surface area (Å²) in [5.41, 5.74) is 0.462. The highest BCUT2D eigenvalue weighted by Gasteiger charge is 2.50. The fourth-order valence-corrected chi connectivity index (χ4v) is 4.69. The van der Waals surface area contributed by atoms with E-state index in [2.05, 4.69) is 11.6 Å². The van der Waals surface area contributed by atoms with Crippen LogP contribution in [0, 0.1) is 13.8 Å². The van der Waals surface area contributed by atoms with Crippen molar-refractivity contribution in [3.63, 3.8) is 0 Å². The molecule has 10 heteroatoms. The molecule has 180 valence electrons. The molecular formula is C25H22N2O7S. The minimum Gasteiger partial charge on any atom is -0.507 e. The van der Waals surface area contributed by atoms with Crippen molar-refractivity contribution in [1.82, 2.24) is 4.98 Å². The predicted octanol–water partition coefficient (Wildman–Crippen LogP) is 4.33. The third kappa shape index (κ3) is 4.35. The zero-order chi connectivity index (χ0) is 25.3. The second-order valence-electron chi connectivity index (χ2n) is 7.65. The first-order valence-electron chi connectivity index (χ1n) is 10.5. The highest BCUT2D eigenvalue weighted by Crippen LogP contribution is 2.44. The summed E-state index contributed by atoms with van der Waals surface area (Å²) in [6.07, 6.45) is 1.44. The highest BCUT2D eigenvalue weighted by molar-refractivity contribution is 7.17.